The molecule has 0 aliphatic carbocycles. The van der Waals surface area contributed by atoms with Gasteiger partial charge in [0.2, 0.25) is 0 Å². The maximum atomic E-state index is 11.3. The van der Waals surface area contributed by atoms with Gasteiger partial charge in [0.05, 0.1) is 19.5 Å². The van der Waals surface area contributed by atoms with Crippen molar-refractivity contribution in [2.45, 2.75) is 6.10 Å². The van der Waals surface area contributed by atoms with Crippen LogP contribution in [0, 0.1) is 5.41 Å². The van der Waals surface area contributed by atoms with Crippen LogP contribution in [0.4, 0.5) is 5.82 Å². The third-order valence-electron chi connectivity index (χ3n) is 2.49. The third-order valence-corrected chi connectivity index (χ3v) is 2.83. The highest BCUT2D eigenvalue weighted by Crippen LogP contribution is 2.20. The van der Waals surface area contributed by atoms with E-state index in [9.17, 15) is 4.79 Å². The molecular formula is C9H12ClN5O2. The Morgan fingerprint density at radius 2 is 2.53 bits per heavy atom. The SMILES string of the molecule is N=C(N)C1CN(c2nc[nH]c(=O)c2Cl)CCO1. The van der Waals surface area contributed by atoms with Crippen molar-refractivity contribution in [3.8, 4) is 0 Å². The number of hydrogen-bond acceptors (Lipinski definition) is 5. The number of nitrogens with one attached hydrogen (secondary N) is 2. The van der Waals surface area contributed by atoms with Crippen molar-refractivity contribution in [1.29, 1.82) is 5.41 Å². The quantitative estimate of drug-likeness (QED) is 0.492. The fraction of sp³-hybridized carbons (Fsp3) is 0.444. The number of halogens is 1. The van der Waals surface area contributed by atoms with Crippen LogP contribution < -0.4 is 16.2 Å². The van der Waals surface area contributed by atoms with Crippen LogP contribution in [0.2, 0.25) is 5.02 Å². The zero-order chi connectivity index (χ0) is 12.4. The van der Waals surface area contributed by atoms with Gasteiger partial charge in [0.1, 0.15) is 17.0 Å². The fourth-order valence-corrected chi connectivity index (χ4v) is 1.85. The van der Waals surface area contributed by atoms with E-state index in [1.54, 1.807) is 4.90 Å². The molecule has 0 aromatic carbocycles. The second-order valence-corrected chi connectivity index (χ2v) is 4.01. The maximum absolute atomic E-state index is 11.3. The summed E-state index contributed by atoms with van der Waals surface area (Å²) in [6, 6.07) is 0. The molecule has 7 nitrogen and oxygen atoms in total. The van der Waals surface area contributed by atoms with E-state index in [1.165, 1.54) is 6.33 Å². The van der Waals surface area contributed by atoms with Gasteiger partial charge in [0.25, 0.3) is 5.56 Å². The van der Waals surface area contributed by atoms with Gasteiger partial charge in [0, 0.05) is 6.54 Å². The minimum absolute atomic E-state index is 0.0386. The van der Waals surface area contributed by atoms with Crippen molar-refractivity contribution < 1.29 is 4.74 Å². The molecule has 1 aromatic heterocycles. The summed E-state index contributed by atoms with van der Waals surface area (Å²) in [6.07, 6.45) is 0.808. The van der Waals surface area contributed by atoms with Gasteiger partial charge in [-0.1, -0.05) is 11.6 Å². The average molecular weight is 258 g/mol. The smallest absolute Gasteiger partial charge is 0.271 e. The van der Waals surface area contributed by atoms with E-state index in [2.05, 4.69) is 9.97 Å². The van der Waals surface area contributed by atoms with Gasteiger partial charge in [0.15, 0.2) is 5.82 Å². The normalized spacial score (nSPS) is 20.3. The number of aromatic nitrogens is 2. The Balaban J connectivity index is 2.25. The van der Waals surface area contributed by atoms with Crippen LogP contribution in [0.3, 0.4) is 0 Å². The molecule has 1 aliphatic rings. The molecule has 2 rings (SSSR count). The Morgan fingerprint density at radius 3 is 3.24 bits per heavy atom. The van der Waals surface area contributed by atoms with E-state index in [-0.39, 0.29) is 16.4 Å². The Labute approximate surface area is 102 Å². The summed E-state index contributed by atoms with van der Waals surface area (Å²) in [4.78, 5) is 19.5. The molecule has 1 atom stereocenters. The lowest BCUT2D eigenvalue weighted by molar-refractivity contribution is 0.0823. The third kappa shape index (κ3) is 2.40. The molecule has 8 heteroatoms. The zero-order valence-electron chi connectivity index (χ0n) is 8.94. The average Bonchev–Trinajstić information content (AvgIpc) is 2.33. The minimum Gasteiger partial charge on any atom is -0.385 e. The fourth-order valence-electron chi connectivity index (χ4n) is 1.62. The first-order valence-electron chi connectivity index (χ1n) is 5.03. The second kappa shape index (κ2) is 4.72. The number of nitrogens with zero attached hydrogens (tertiary/aromatic N) is 2. The molecule has 0 radical (unpaired) electrons. The summed E-state index contributed by atoms with van der Waals surface area (Å²) in [7, 11) is 0. The van der Waals surface area contributed by atoms with E-state index in [0.717, 1.165) is 0 Å². The molecule has 1 saturated heterocycles. The highest BCUT2D eigenvalue weighted by molar-refractivity contribution is 6.32. The number of ether oxygens (including phenoxy) is 1. The first kappa shape index (κ1) is 11.9. The number of hydrogen-bond donors (Lipinski definition) is 3. The van der Waals surface area contributed by atoms with Gasteiger partial charge in [-0.05, 0) is 0 Å². The number of amidine groups is 1. The van der Waals surface area contributed by atoms with Crippen molar-refractivity contribution in [1.82, 2.24) is 9.97 Å². The molecule has 0 amide bonds. The van der Waals surface area contributed by atoms with Crippen molar-refractivity contribution in [2.75, 3.05) is 24.6 Å². The molecule has 0 bridgehead atoms. The van der Waals surface area contributed by atoms with Crippen LogP contribution in [-0.2, 0) is 4.74 Å². The van der Waals surface area contributed by atoms with Crippen LogP contribution >= 0.6 is 11.6 Å². The zero-order valence-corrected chi connectivity index (χ0v) is 9.70. The summed E-state index contributed by atoms with van der Waals surface area (Å²) in [6.45, 7) is 1.33. The molecule has 2 heterocycles. The summed E-state index contributed by atoms with van der Waals surface area (Å²) >= 11 is 5.88. The van der Waals surface area contributed by atoms with Gasteiger partial charge in [-0.15, -0.1) is 0 Å². The number of nitrogens with two attached hydrogens (primary N) is 1. The molecule has 17 heavy (non-hydrogen) atoms. The van der Waals surface area contributed by atoms with E-state index in [4.69, 9.17) is 27.5 Å². The minimum atomic E-state index is -0.485. The Bertz CT molecular complexity index is 489. The van der Waals surface area contributed by atoms with E-state index < -0.39 is 6.10 Å². The van der Waals surface area contributed by atoms with Gasteiger partial charge in [-0.25, -0.2) is 4.98 Å². The topological polar surface area (TPSA) is 108 Å². The predicted molar refractivity (Wildman–Crippen MR) is 63.7 cm³/mol. The largest absolute Gasteiger partial charge is 0.385 e. The number of H-pyrrole nitrogens is 1. The van der Waals surface area contributed by atoms with Crippen LogP contribution in [0.5, 0.6) is 0 Å². The van der Waals surface area contributed by atoms with Gasteiger partial charge in [-0.3, -0.25) is 10.2 Å². The van der Waals surface area contributed by atoms with Gasteiger partial charge >= 0.3 is 0 Å². The standard InChI is InChI=1S/C9H12ClN5O2/c10-6-8(13-4-14-9(6)16)15-1-2-17-5(3-15)7(11)12/h4-5H,1-3H2,(H3,11,12)(H,13,14,16). The van der Waals surface area contributed by atoms with Crippen LogP contribution in [0.15, 0.2) is 11.1 Å². The Morgan fingerprint density at radius 1 is 1.76 bits per heavy atom. The monoisotopic (exact) mass is 257 g/mol. The first-order chi connectivity index (χ1) is 8.09. The maximum Gasteiger partial charge on any atom is 0.271 e. The van der Waals surface area contributed by atoms with Crippen molar-refractivity contribution in [2.24, 2.45) is 5.73 Å². The molecule has 1 fully saturated rings. The molecule has 1 aliphatic heterocycles. The second-order valence-electron chi connectivity index (χ2n) is 3.63. The van der Waals surface area contributed by atoms with Crippen LogP contribution in [0.25, 0.3) is 0 Å². The van der Waals surface area contributed by atoms with Crippen molar-refractivity contribution in [3.05, 3.63) is 21.7 Å². The summed E-state index contributed by atoms with van der Waals surface area (Å²) < 4.78 is 5.31. The molecule has 0 spiro atoms. The molecular weight excluding hydrogens is 246 g/mol. The van der Waals surface area contributed by atoms with Gasteiger partial charge in [-0.2, -0.15) is 0 Å². The summed E-state index contributed by atoms with van der Waals surface area (Å²) in [5.41, 5.74) is 5.00. The Kier molecular flexibility index (Phi) is 3.30. The van der Waals surface area contributed by atoms with Crippen molar-refractivity contribution >= 4 is 23.3 Å². The van der Waals surface area contributed by atoms with E-state index >= 15 is 0 Å². The highest BCUT2D eigenvalue weighted by Gasteiger charge is 2.25. The van der Waals surface area contributed by atoms with Crippen LogP contribution in [0.1, 0.15) is 0 Å². The summed E-state index contributed by atoms with van der Waals surface area (Å²) in [5.74, 6) is 0.348. The highest BCUT2D eigenvalue weighted by atomic mass is 35.5. The number of morpholine rings is 1. The van der Waals surface area contributed by atoms with E-state index in [1.807, 2.05) is 0 Å². The first-order valence-corrected chi connectivity index (χ1v) is 5.41. The molecule has 92 valence electrons. The lowest BCUT2D eigenvalue weighted by atomic mass is 10.2. The molecule has 0 saturated carbocycles. The predicted octanol–water partition coefficient (Wildman–Crippen LogP) is -0.436. The lowest BCUT2D eigenvalue weighted by Gasteiger charge is -2.33. The van der Waals surface area contributed by atoms with Crippen molar-refractivity contribution in [3.63, 3.8) is 0 Å². The molecule has 1 aromatic rings. The number of anilines is 1. The molecule has 4 N–H and O–H groups in total. The van der Waals surface area contributed by atoms with E-state index in [0.29, 0.717) is 25.5 Å². The Hall–Kier alpha value is -1.60. The number of aromatic amines is 1. The van der Waals surface area contributed by atoms with Gasteiger partial charge < -0.3 is 20.4 Å². The lowest BCUT2D eigenvalue weighted by Crippen LogP contribution is -2.48. The van der Waals surface area contributed by atoms with Crippen LogP contribution in [-0.4, -0.2) is 41.6 Å². The molecule has 1 unspecified atom stereocenters. The number of rotatable bonds is 2. The summed E-state index contributed by atoms with van der Waals surface area (Å²) in [5, 5.41) is 7.38.